The molecule has 0 fully saturated rings. The summed E-state index contributed by atoms with van der Waals surface area (Å²) in [6.07, 6.45) is 0. The Labute approximate surface area is 96.0 Å². The zero-order valence-corrected chi connectivity index (χ0v) is 10.2. The van der Waals surface area contributed by atoms with Gasteiger partial charge in [0.05, 0.1) is 12.3 Å². The van der Waals surface area contributed by atoms with E-state index in [-0.39, 0.29) is 0 Å². The van der Waals surface area contributed by atoms with E-state index in [0.29, 0.717) is 11.2 Å². The van der Waals surface area contributed by atoms with Crippen molar-refractivity contribution >= 4 is 11.6 Å². The Bertz CT molecular complexity index is 306. The Hall–Kier alpha value is -0.640. The number of pyridine rings is 1. The Morgan fingerprint density at radius 3 is 2.87 bits per heavy atom. The van der Waals surface area contributed by atoms with Crippen molar-refractivity contribution in [2.24, 2.45) is 0 Å². The molecule has 0 bridgehead atoms. The summed E-state index contributed by atoms with van der Waals surface area (Å²) in [7, 11) is 3.76. The molecule has 0 amide bonds. The van der Waals surface area contributed by atoms with E-state index in [9.17, 15) is 0 Å². The molecule has 0 saturated heterocycles. The summed E-state index contributed by atoms with van der Waals surface area (Å²) in [6.45, 7) is 3.62. The molecule has 0 N–H and O–H groups in total. The van der Waals surface area contributed by atoms with Crippen molar-refractivity contribution in [3.63, 3.8) is 0 Å². The van der Waals surface area contributed by atoms with Crippen molar-refractivity contribution in [1.29, 1.82) is 0 Å². The van der Waals surface area contributed by atoms with Gasteiger partial charge in [0.15, 0.2) is 0 Å². The van der Waals surface area contributed by atoms with Gasteiger partial charge in [0.1, 0.15) is 5.15 Å². The van der Waals surface area contributed by atoms with E-state index in [4.69, 9.17) is 16.3 Å². The van der Waals surface area contributed by atoms with Crippen LogP contribution in [0.4, 0.5) is 0 Å². The second-order valence-corrected chi connectivity index (χ2v) is 4.06. The molecular weight excluding hydrogens is 212 g/mol. The van der Waals surface area contributed by atoms with Gasteiger partial charge in [-0.2, -0.15) is 0 Å². The van der Waals surface area contributed by atoms with Gasteiger partial charge < -0.3 is 4.74 Å². The lowest BCUT2D eigenvalue weighted by Crippen LogP contribution is -2.32. The highest BCUT2D eigenvalue weighted by molar-refractivity contribution is 6.29. The number of hydrogen-bond acceptors (Lipinski definition) is 3. The third-order valence-electron chi connectivity index (χ3n) is 2.34. The van der Waals surface area contributed by atoms with Gasteiger partial charge in [0.25, 0.3) is 0 Å². The van der Waals surface area contributed by atoms with Crippen LogP contribution in [0.2, 0.25) is 5.15 Å². The molecule has 0 aromatic carbocycles. The molecule has 0 spiro atoms. The number of likely N-dealkylation sites (N-methyl/N-ethyl adjacent to an activating group) is 1. The van der Waals surface area contributed by atoms with E-state index < -0.39 is 0 Å². The minimum absolute atomic E-state index is 0.371. The molecule has 1 aromatic heterocycles. The Morgan fingerprint density at radius 2 is 2.27 bits per heavy atom. The lowest BCUT2D eigenvalue weighted by molar-refractivity contribution is 0.111. The quantitative estimate of drug-likeness (QED) is 0.723. The number of nitrogens with zero attached hydrogens (tertiary/aromatic N) is 2. The van der Waals surface area contributed by atoms with Gasteiger partial charge in [0.2, 0.25) is 0 Å². The topological polar surface area (TPSA) is 25.4 Å². The number of methoxy groups -OCH3 is 1. The Kier molecular flexibility index (Phi) is 5.02. The molecule has 3 nitrogen and oxygen atoms in total. The molecular formula is C11H17ClN2O. The fourth-order valence-electron chi connectivity index (χ4n) is 1.32. The van der Waals surface area contributed by atoms with Crippen molar-refractivity contribution in [3.05, 3.63) is 29.0 Å². The van der Waals surface area contributed by atoms with Gasteiger partial charge in [-0.15, -0.1) is 0 Å². The van der Waals surface area contributed by atoms with E-state index in [1.165, 1.54) is 0 Å². The molecule has 0 aliphatic carbocycles. The number of aromatic nitrogens is 1. The zero-order chi connectivity index (χ0) is 11.3. The lowest BCUT2D eigenvalue weighted by Gasteiger charge is -2.23. The predicted octanol–water partition coefficient (Wildman–Crippen LogP) is 2.20. The van der Waals surface area contributed by atoms with Crippen LogP contribution in [-0.4, -0.2) is 36.7 Å². The predicted molar refractivity (Wildman–Crippen MR) is 62.1 cm³/mol. The molecule has 15 heavy (non-hydrogen) atoms. The second kappa shape index (κ2) is 6.05. The summed E-state index contributed by atoms with van der Waals surface area (Å²) >= 11 is 5.81. The van der Waals surface area contributed by atoms with Crippen LogP contribution in [0.5, 0.6) is 0 Å². The zero-order valence-electron chi connectivity index (χ0n) is 9.40. The van der Waals surface area contributed by atoms with Crippen molar-refractivity contribution < 1.29 is 4.74 Å². The summed E-state index contributed by atoms with van der Waals surface area (Å²) in [6, 6.07) is 6.04. The maximum Gasteiger partial charge on any atom is 0.129 e. The highest BCUT2D eigenvalue weighted by Gasteiger charge is 2.09. The largest absolute Gasteiger partial charge is 0.383 e. The third-order valence-corrected chi connectivity index (χ3v) is 2.55. The summed E-state index contributed by atoms with van der Waals surface area (Å²) < 4.78 is 5.10. The summed E-state index contributed by atoms with van der Waals surface area (Å²) in [4.78, 5) is 6.42. The maximum atomic E-state index is 5.81. The first kappa shape index (κ1) is 12.4. The van der Waals surface area contributed by atoms with Crippen LogP contribution in [0.15, 0.2) is 18.2 Å². The van der Waals surface area contributed by atoms with E-state index in [1.54, 1.807) is 13.2 Å². The molecule has 84 valence electrons. The van der Waals surface area contributed by atoms with Crippen LogP contribution in [-0.2, 0) is 11.3 Å². The van der Waals surface area contributed by atoms with Crippen LogP contribution < -0.4 is 0 Å². The van der Waals surface area contributed by atoms with Crippen molar-refractivity contribution in [2.45, 2.75) is 19.5 Å². The minimum Gasteiger partial charge on any atom is -0.383 e. The molecule has 1 unspecified atom stereocenters. The molecule has 0 saturated carbocycles. The van der Waals surface area contributed by atoms with Crippen LogP contribution >= 0.6 is 11.6 Å². The molecule has 0 aliphatic heterocycles. The minimum atomic E-state index is 0.371. The van der Waals surface area contributed by atoms with Gasteiger partial charge in [-0.25, -0.2) is 4.98 Å². The first-order valence-corrected chi connectivity index (χ1v) is 5.32. The number of halogens is 1. The molecule has 1 atom stereocenters. The number of ether oxygens (including phenoxy) is 1. The van der Waals surface area contributed by atoms with Crippen LogP contribution in [0.25, 0.3) is 0 Å². The Balaban J connectivity index is 2.54. The number of hydrogen-bond donors (Lipinski definition) is 0. The van der Waals surface area contributed by atoms with Gasteiger partial charge in [-0.1, -0.05) is 17.7 Å². The van der Waals surface area contributed by atoms with E-state index >= 15 is 0 Å². The van der Waals surface area contributed by atoms with E-state index in [2.05, 4.69) is 16.8 Å². The highest BCUT2D eigenvalue weighted by atomic mass is 35.5. The fraction of sp³-hybridized carbons (Fsp3) is 0.545. The maximum absolute atomic E-state index is 5.81. The Morgan fingerprint density at radius 1 is 1.53 bits per heavy atom. The summed E-state index contributed by atoms with van der Waals surface area (Å²) in [5.74, 6) is 0. The van der Waals surface area contributed by atoms with Gasteiger partial charge in [0, 0.05) is 19.7 Å². The lowest BCUT2D eigenvalue weighted by atomic mass is 10.3. The normalized spacial score (nSPS) is 13.1. The fourth-order valence-corrected chi connectivity index (χ4v) is 1.50. The molecule has 0 aliphatic rings. The smallest absolute Gasteiger partial charge is 0.129 e. The molecule has 0 radical (unpaired) electrons. The van der Waals surface area contributed by atoms with E-state index in [0.717, 1.165) is 18.8 Å². The van der Waals surface area contributed by atoms with E-state index in [1.807, 2.05) is 19.2 Å². The van der Waals surface area contributed by atoms with Crippen LogP contribution in [0, 0.1) is 0 Å². The number of rotatable bonds is 5. The van der Waals surface area contributed by atoms with Gasteiger partial charge >= 0.3 is 0 Å². The first-order valence-electron chi connectivity index (χ1n) is 4.94. The molecule has 1 heterocycles. The molecule has 4 heteroatoms. The second-order valence-electron chi connectivity index (χ2n) is 3.67. The standard InChI is InChI=1S/C11H17ClN2O/c1-9(8-15-3)14(2)7-10-5-4-6-11(12)13-10/h4-6,9H,7-8H2,1-3H3. The monoisotopic (exact) mass is 228 g/mol. The van der Waals surface area contributed by atoms with Crippen LogP contribution in [0.1, 0.15) is 12.6 Å². The van der Waals surface area contributed by atoms with Crippen molar-refractivity contribution in [2.75, 3.05) is 20.8 Å². The molecule has 1 rings (SSSR count). The van der Waals surface area contributed by atoms with Crippen LogP contribution in [0.3, 0.4) is 0 Å². The average Bonchev–Trinajstić information content (AvgIpc) is 2.18. The summed E-state index contributed by atoms with van der Waals surface area (Å²) in [5.41, 5.74) is 0.980. The third kappa shape index (κ3) is 4.16. The summed E-state index contributed by atoms with van der Waals surface area (Å²) in [5, 5.41) is 0.542. The van der Waals surface area contributed by atoms with Crippen molar-refractivity contribution in [3.8, 4) is 0 Å². The SMILES string of the molecule is COCC(C)N(C)Cc1cccc(Cl)n1. The van der Waals surface area contributed by atoms with Crippen molar-refractivity contribution in [1.82, 2.24) is 9.88 Å². The highest BCUT2D eigenvalue weighted by Crippen LogP contribution is 2.08. The average molecular weight is 229 g/mol. The molecule has 1 aromatic rings. The van der Waals surface area contributed by atoms with Gasteiger partial charge in [-0.05, 0) is 26.1 Å². The first-order chi connectivity index (χ1) is 7.13. The van der Waals surface area contributed by atoms with Gasteiger partial charge in [-0.3, -0.25) is 4.90 Å².